The Morgan fingerprint density at radius 3 is 3.06 bits per heavy atom. The fraction of sp³-hybridized carbons (Fsp3) is 0.417. The molecular weight excluding hydrogens is 270 g/mol. The van der Waals surface area contributed by atoms with Crippen LogP contribution < -0.4 is 4.90 Å². The molecule has 0 saturated carbocycles. The molecule has 0 spiro atoms. The Labute approximate surface area is 102 Å². The second-order valence-corrected chi connectivity index (χ2v) is 5.39. The minimum absolute atomic E-state index is 0.168. The third kappa shape index (κ3) is 1.36. The highest BCUT2D eigenvalue weighted by Crippen LogP contribution is 2.41. The molecule has 0 amide bonds. The number of fused-ring (bicyclic) bond motifs is 3. The summed E-state index contributed by atoms with van der Waals surface area (Å²) in [5.41, 5.74) is 2.49. The predicted molar refractivity (Wildman–Crippen MR) is 64.7 cm³/mol. The van der Waals surface area contributed by atoms with Crippen molar-refractivity contribution < 1.29 is 9.90 Å². The first kappa shape index (κ1) is 10.1. The number of hydrogen-bond donors (Lipinski definition) is 1. The largest absolute Gasteiger partial charge is 0.481 e. The van der Waals surface area contributed by atoms with E-state index in [1.54, 1.807) is 0 Å². The normalized spacial score (nSPS) is 26.7. The molecule has 2 aliphatic heterocycles. The van der Waals surface area contributed by atoms with E-state index >= 15 is 0 Å². The van der Waals surface area contributed by atoms with E-state index in [1.165, 1.54) is 11.3 Å². The smallest absolute Gasteiger partial charge is 0.308 e. The van der Waals surface area contributed by atoms with Gasteiger partial charge in [-0.2, -0.15) is 0 Å². The van der Waals surface area contributed by atoms with Gasteiger partial charge in [0.2, 0.25) is 0 Å². The van der Waals surface area contributed by atoms with Crippen molar-refractivity contribution in [3.05, 3.63) is 28.2 Å². The van der Waals surface area contributed by atoms with Crippen molar-refractivity contribution in [2.45, 2.75) is 18.9 Å². The summed E-state index contributed by atoms with van der Waals surface area (Å²) < 4.78 is 1.06. The van der Waals surface area contributed by atoms with E-state index in [4.69, 9.17) is 5.11 Å². The molecule has 2 atom stereocenters. The number of carboxylic acids is 1. The fourth-order valence-corrected chi connectivity index (χ4v) is 3.24. The monoisotopic (exact) mass is 281 g/mol. The van der Waals surface area contributed by atoms with Gasteiger partial charge in [-0.25, -0.2) is 0 Å². The zero-order valence-electron chi connectivity index (χ0n) is 8.69. The third-order valence-electron chi connectivity index (χ3n) is 3.65. The Balaban J connectivity index is 1.98. The number of hydrogen-bond acceptors (Lipinski definition) is 2. The molecule has 1 saturated heterocycles. The zero-order chi connectivity index (χ0) is 11.3. The molecule has 16 heavy (non-hydrogen) atoms. The number of carbonyl (C=O) groups is 1. The van der Waals surface area contributed by atoms with Gasteiger partial charge in [-0.05, 0) is 30.5 Å². The Morgan fingerprint density at radius 1 is 1.50 bits per heavy atom. The van der Waals surface area contributed by atoms with Crippen LogP contribution in [0.1, 0.15) is 12.0 Å². The van der Waals surface area contributed by atoms with Crippen LogP contribution in [0.4, 0.5) is 5.69 Å². The molecule has 1 N–H and O–H groups in total. The average molecular weight is 282 g/mol. The van der Waals surface area contributed by atoms with Crippen LogP contribution in [0.5, 0.6) is 0 Å². The minimum atomic E-state index is -0.653. The number of rotatable bonds is 1. The summed E-state index contributed by atoms with van der Waals surface area (Å²) in [4.78, 5) is 13.4. The molecule has 84 valence electrons. The molecule has 3 rings (SSSR count). The van der Waals surface area contributed by atoms with Crippen molar-refractivity contribution in [2.24, 2.45) is 5.92 Å². The second-order valence-electron chi connectivity index (χ2n) is 4.47. The van der Waals surface area contributed by atoms with E-state index in [0.717, 1.165) is 23.9 Å². The Bertz CT molecular complexity index is 460. The molecule has 1 fully saturated rings. The molecule has 4 heteroatoms. The molecule has 3 nitrogen and oxygen atoms in total. The first-order valence-electron chi connectivity index (χ1n) is 5.44. The Kier molecular flexibility index (Phi) is 2.21. The van der Waals surface area contributed by atoms with Gasteiger partial charge in [0.25, 0.3) is 0 Å². The summed E-state index contributed by atoms with van der Waals surface area (Å²) in [6, 6.07) is 6.38. The van der Waals surface area contributed by atoms with Gasteiger partial charge in [0.05, 0.1) is 5.92 Å². The van der Waals surface area contributed by atoms with E-state index in [1.807, 2.05) is 6.07 Å². The molecule has 1 aromatic rings. The predicted octanol–water partition coefficient (Wildman–Crippen LogP) is 2.28. The van der Waals surface area contributed by atoms with Crippen molar-refractivity contribution in [1.82, 2.24) is 0 Å². The highest BCUT2D eigenvalue weighted by molar-refractivity contribution is 9.10. The van der Waals surface area contributed by atoms with E-state index in [2.05, 4.69) is 33.0 Å². The molecule has 0 aromatic heterocycles. The topological polar surface area (TPSA) is 40.5 Å². The van der Waals surface area contributed by atoms with Gasteiger partial charge in [0.15, 0.2) is 0 Å². The molecular formula is C12H12BrNO2. The quantitative estimate of drug-likeness (QED) is 0.859. The summed E-state index contributed by atoms with van der Waals surface area (Å²) in [5.74, 6) is -0.856. The molecule has 0 aliphatic carbocycles. The highest BCUT2D eigenvalue weighted by atomic mass is 79.9. The van der Waals surface area contributed by atoms with Crippen LogP contribution in [-0.4, -0.2) is 23.7 Å². The molecule has 2 unspecified atom stereocenters. The number of halogens is 1. The van der Waals surface area contributed by atoms with E-state index in [9.17, 15) is 4.79 Å². The van der Waals surface area contributed by atoms with Crippen LogP contribution >= 0.6 is 15.9 Å². The second kappa shape index (κ2) is 3.48. The van der Waals surface area contributed by atoms with E-state index in [-0.39, 0.29) is 12.0 Å². The minimum Gasteiger partial charge on any atom is -0.481 e. The maximum Gasteiger partial charge on any atom is 0.308 e. The van der Waals surface area contributed by atoms with Crippen molar-refractivity contribution in [1.29, 1.82) is 0 Å². The number of anilines is 1. The van der Waals surface area contributed by atoms with Gasteiger partial charge in [0.1, 0.15) is 0 Å². The highest BCUT2D eigenvalue weighted by Gasteiger charge is 2.43. The van der Waals surface area contributed by atoms with E-state index in [0.29, 0.717) is 0 Å². The summed E-state index contributed by atoms with van der Waals surface area (Å²) >= 11 is 3.46. The summed E-state index contributed by atoms with van der Waals surface area (Å²) in [6.45, 7) is 0.866. The van der Waals surface area contributed by atoms with Crippen molar-refractivity contribution in [3.8, 4) is 0 Å². The SMILES string of the molecule is O=C(O)C1CCN2c3cc(Br)ccc3CC12. The number of aliphatic carboxylic acids is 1. The van der Waals surface area contributed by atoms with Gasteiger partial charge in [0, 0.05) is 22.7 Å². The lowest BCUT2D eigenvalue weighted by Crippen LogP contribution is -2.32. The molecule has 1 aromatic carbocycles. The summed E-state index contributed by atoms with van der Waals surface area (Å²) in [6.07, 6.45) is 1.64. The van der Waals surface area contributed by atoms with Crippen molar-refractivity contribution in [2.75, 3.05) is 11.4 Å². The lowest BCUT2D eigenvalue weighted by molar-refractivity contribution is -0.141. The van der Waals surface area contributed by atoms with Gasteiger partial charge in [-0.1, -0.05) is 22.0 Å². The van der Waals surface area contributed by atoms with Crippen LogP contribution in [-0.2, 0) is 11.2 Å². The first-order chi connectivity index (χ1) is 7.66. The Hall–Kier alpha value is -1.03. The number of carboxylic acid groups (broad SMARTS) is 1. The molecule has 2 aliphatic rings. The van der Waals surface area contributed by atoms with Gasteiger partial charge < -0.3 is 10.0 Å². The van der Waals surface area contributed by atoms with Crippen molar-refractivity contribution in [3.63, 3.8) is 0 Å². The third-order valence-corrected chi connectivity index (χ3v) is 4.14. The van der Waals surface area contributed by atoms with Crippen LogP contribution in [0.25, 0.3) is 0 Å². The molecule has 2 heterocycles. The Morgan fingerprint density at radius 2 is 2.31 bits per heavy atom. The van der Waals surface area contributed by atoms with Crippen LogP contribution in [0, 0.1) is 5.92 Å². The van der Waals surface area contributed by atoms with Crippen molar-refractivity contribution >= 4 is 27.6 Å². The average Bonchev–Trinajstić information content (AvgIpc) is 2.76. The number of benzene rings is 1. The maximum atomic E-state index is 11.1. The lowest BCUT2D eigenvalue weighted by atomic mass is 9.97. The molecule has 0 bridgehead atoms. The van der Waals surface area contributed by atoms with E-state index < -0.39 is 5.97 Å². The maximum absolute atomic E-state index is 11.1. The fourth-order valence-electron chi connectivity index (χ4n) is 2.90. The lowest BCUT2D eigenvalue weighted by Gasteiger charge is -2.20. The van der Waals surface area contributed by atoms with Gasteiger partial charge in [-0.15, -0.1) is 0 Å². The molecule has 0 radical (unpaired) electrons. The summed E-state index contributed by atoms with van der Waals surface area (Å²) in [7, 11) is 0. The van der Waals surface area contributed by atoms with Crippen LogP contribution in [0.3, 0.4) is 0 Å². The van der Waals surface area contributed by atoms with Gasteiger partial charge >= 0.3 is 5.97 Å². The standard InChI is InChI=1S/C12H12BrNO2/c13-8-2-1-7-5-11-9(12(15)16)3-4-14(11)10(7)6-8/h1-2,6,9,11H,3-5H2,(H,15,16). The van der Waals surface area contributed by atoms with Gasteiger partial charge in [-0.3, -0.25) is 4.79 Å². The van der Waals surface area contributed by atoms with Crippen LogP contribution in [0.2, 0.25) is 0 Å². The first-order valence-corrected chi connectivity index (χ1v) is 6.24. The zero-order valence-corrected chi connectivity index (χ0v) is 10.3. The summed E-state index contributed by atoms with van der Waals surface area (Å²) in [5, 5.41) is 9.16. The number of nitrogens with zero attached hydrogens (tertiary/aromatic N) is 1. The van der Waals surface area contributed by atoms with Crippen LogP contribution in [0.15, 0.2) is 22.7 Å².